The molecule has 0 aliphatic carbocycles. The molecule has 0 spiro atoms. The number of rotatable bonds is 7. The molecule has 0 saturated carbocycles. The Morgan fingerprint density at radius 2 is 1.56 bits per heavy atom. The maximum atomic E-state index is 13.6. The lowest BCUT2D eigenvalue weighted by molar-refractivity contribution is -0.192. The Kier molecular flexibility index (Phi) is 10.8. The lowest BCUT2D eigenvalue weighted by Crippen LogP contribution is -2.47. The van der Waals surface area contributed by atoms with Crippen molar-refractivity contribution in [2.45, 2.75) is 19.0 Å². The average molecular weight is 515 g/mol. The zero-order chi connectivity index (χ0) is 26.7. The number of hydrogen-bond acceptors (Lipinski definition) is 4. The van der Waals surface area contributed by atoms with Crippen molar-refractivity contribution in [3.63, 3.8) is 0 Å². The third-order valence-electron chi connectivity index (χ3n) is 5.27. The fourth-order valence-electron chi connectivity index (χ4n) is 3.34. The Balaban J connectivity index is 0.000000572. The molecule has 1 saturated heterocycles. The first kappa shape index (κ1) is 28.7. The molecule has 1 fully saturated rings. The Morgan fingerprint density at radius 3 is 2.11 bits per heavy atom. The first-order valence-electron chi connectivity index (χ1n) is 11.1. The van der Waals surface area contributed by atoms with E-state index >= 15 is 0 Å². The van der Waals surface area contributed by atoms with E-state index in [1.165, 1.54) is 6.07 Å². The van der Waals surface area contributed by atoms with Crippen LogP contribution in [0.4, 0.5) is 22.0 Å². The van der Waals surface area contributed by atoms with E-state index < -0.39 is 29.7 Å². The maximum absolute atomic E-state index is 13.6. The molecule has 0 radical (unpaired) electrons. The van der Waals surface area contributed by atoms with Crippen LogP contribution in [0.5, 0.6) is 0 Å². The number of carboxylic acid groups (broad SMARTS) is 1. The molecule has 0 atom stereocenters. The first-order valence-corrected chi connectivity index (χ1v) is 11.1. The topological polar surface area (TPSA) is 90.0 Å². The second-order valence-electron chi connectivity index (χ2n) is 7.84. The molecule has 2 aromatic rings. The number of carbonyl (C=O) groups excluding carboxylic acids is 2. The summed E-state index contributed by atoms with van der Waals surface area (Å²) in [4.78, 5) is 37.6. The van der Waals surface area contributed by atoms with Crippen LogP contribution in [0, 0.1) is 11.6 Å². The predicted octanol–water partition coefficient (Wildman–Crippen LogP) is 3.10. The molecule has 1 aliphatic rings. The second-order valence-corrected chi connectivity index (χ2v) is 7.84. The van der Waals surface area contributed by atoms with Crippen LogP contribution >= 0.6 is 0 Å². The van der Waals surface area contributed by atoms with E-state index in [4.69, 9.17) is 9.90 Å². The highest BCUT2D eigenvalue weighted by molar-refractivity contribution is 5.94. The van der Waals surface area contributed by atoms with Gasteiger partial charge in [0, 0.05) is 51.3 Å². The van der Waals surface area contributed by atoms with Gasteiger partial charge < -0.3 is 20.2 Å². The van der Waals surface area contributed by atoms with Crippen molar-refractivity contribution in [3.05, 3.63) is 71.3 Å². The molecule has 0 bridgehead atoms. The fourth-order valence-corrected chi connectivity index (χ4v) is 3.34. The van der Waals surface area contributed by atoms with E-state index in [0.717, 1.165) is 30.8 Å². The summed E-state index contributed by atoms with van der Waals surface area (Å²) in [5.41, 5.74) is 1.13. The van der Waals surface area contributed by atoms with Crippen LogP contribution in [-0.4, -0.2) is 78.1 Å². The van der Waals surface area contributed by atoms with Gasteiger partial charge in [0.05, 0.1) is 0 Å². The summed E-state index contributed by atoms with van der Waals surface area (Å²) in [5, 5.41) is 10.3. The highest BCUT2D eigenvalue weighted by atomic mass is 19.4. The molecule has 0 unspecified atom stereocenters. The third-order valence-corrected chi connectivity index (χ3v) is 5.27. The number of nitrogens with zero attached hydrogens (tertiary/aromatic N) is 2. The van der Waals surface area contributed by atoms with E-state index in [1.807, 2.05) is 30.3 Å². The van der Waals surface area contributed by atoms with Crippen LogP contribution in [0.1, 0.15) is 22.3 Å². The zero-order valence-corrected chi connectivity index (χ0v) is 19.2. The summed E-state index contributed by atoms with van der Waals surface area (Å²) in [5.74, 6) is -5.23. The summed E-state index contributed by atoms with van der Waals surface area (Å²) in [7, 11) is 0. The smallest absolute Gasteiger partial charge is 0.475 e. The van der Waals surface area contributed by atoms with Gasteiger partial charge in [-0.1, -0.05) is 30.3 Å². The second kappa shape index (κ2) is 13.5. The number of carboxylic acids is 1. The van der Waals surface area contributed by atoms with Crippen LogP contribution in [0.25, 0.3) is 0 Å². The molecule has 2 aromatic carbocycles. The van der Waals surface area contributed by atoms with Gasteiger partial charge in [-0.15, -0.1) is 0 Å². The molecule has 1 heterocycles. The Hall–Kier alpha value is -3.54. The number of halogens is 5. The van der Waals surface area contributed by atoms with Crippen LogP contribution < -0.4 is 5.32 Å². The first-order chi connectivity index (χ1) is 17.0. The van der Waals surface area contributed by atoms with Gasteiger partial charge in [0.1, 0.15) is 0 Å². The van der Waals surface area contributed by atoms with Crippen LogP contribution in [0.2, 0.25) is 0 Å². The summed E-state index contributed by atoms with van der Waals surface area (Å²) >= 11 is 0. The van der Waals surface area contributed by atoms with Crippen molar-refractivity contribution >= 4 is 17.8 Å². The number of alkyl halides is 3. The fraction of sp³-hybridized carbons (Fsp3) is 0.375. The number of benzene rings is 2. The normalized spacial score (nSPS) is 13.4. The highest BCUT2D eigenvalue weighted by Gasteiger charge is 2.38. The summed E-state index contributed by atoms with van der Waals surface area (Å²) in [6, 6.07) is 12.8. The van der Waals surface area contributed by atoms with Crippen molar-refractivity contribution in [2.24, 2.45) is 0 Å². The zero-order valence-electron chi connectivity index (χ0n) is 19.2. The van der Waals surface area contributed by atoms with Gasteiger partial charge >= 0.3 is 12.1 Å². The molecular formula is C24H26F5N3O4. The number of piperazine rings is 1. The molecule has 3 rings (SSSR count). The van der Waals surface area contributed by atoms with Crippen molar-refractivity contribution < 1.29 is 41.4 Å². The third kappa shape index (κ3) is 9.25. The number of nitrogens with one attached hydrogen (secondary N) is 1. The van der Waals surface area contributed by atoms with Crippen LogP contribution in [-0.2, 0) is 16.0 Å². The SMILES string of the molecule is O=C(CCN(CCc1ccccc1)C(=O)c1ccc(F)c(F)c1)N1CCNCC1.O=C(O)C(F)(F)F. The van der Waals surface area contributed by atoms with Crippen molar-refractivity contribution in [2.75, 3.05) is 39.3 Å². The Labute approximate surface area is 204 Å². The van der Waals surface area contributed by atoms with Crippen LogP contribution in [0.15, 0.2) is 48.5 Å². The standard InChI is InChI=1S/C22H25F2N3O2.C2HF3O2/c23-19-7-6-18(16-20(19)24)22(29)27(12-8-17-4-2-1-3-5-17)13-9-21(28)26-14-10-25-11-15-26;3-2(4,5)1(6)7/h1-7,16,25H,8-15H2;(H,6,7). The van der Waals surface area contributed by atoms with Gasteiger partial charge in [-0.05, 0) is 30.2 Å². The largest absolute Gasteiger partial charge is 0.490 e. The lowest BCUT2D eigenvalue weighted by Gasteiger charge is -2.29. The summed E-state index contributed by atoms with van der Waals surface area (Å²) in [6.07, 6.45) is -4.28. The summed E-state index contributed by atoms with van der Waals surface area (Å²) < 4.78 is 58.6. The minimum absolute atomic E-state index is 0.00528. The molecule has 196 valence electrons. The van der Waals surface area contributed by atoms with E-state index in [-0.39, 0.29) is 24.4 Å². The molecule has 36 heavy (non-hydrogen) atoms. The molecule has 2 amide bonds. The maximum Gasteiger partial charge on any atom is 0.490 e. The predicted molar refractivity (Wildman–Crippen MR) is 120 cm³/mol. The molecule has 12 heteroatoms. The van der Waals surface area contributed by atoms with E-state index in [1.54, 1.807) is 9.80 Å². The molecule has 2 N–H and O–H groups in total. The average Bonchev–Trinajstić information content (AvgIpc) is 2.86. The quantitative estimate of drug-likeness (QED) is 0.554. The minimum Gasteiger partial charge on any atom is -0.475 e. The number of carbonyl (C=O) groups is 3. The Morgan fingerprint density at radius 1 is 0.944 bits per heavy atom. The van der Waals surface area contributed by atoms with Crippen molar-refractivity contribution in [3.8, 4) is 0 Å². The molecule has 1 aliphatic heterocycles. The van der Waals surface area contributed by atoms with Crippen molar-refractivity contribution in [1.29, 1.82) is 0 Å². The highest BCUT2D eigenvalue weighted by Crippen LogP contribution is 2.14. The lowest BCUT2D eigenvalue weighted by atomic mass is 10.1. The van der Waals surface area contributed by atoms with Gasteiger partial charge in [0.2, 0.25) is 5.91 Å². The van der Waals surface area contributed by atoms with Crippen LogP contribution in [0.3, 0.4) is 0 Å². The van der Waals surface area contributed by atoms with Gasteiger partial charge in [-0.25, -0.2) is 13.6 Å². The van der Waals surface area contributed by atoms with Gasteiger partial charge in [-0.3, -0.25) is 9.59 Å². The van der Waals surface area contributed by atoms with E-state index in [9.17, 15) is 31.5 Å². The van der Waals surface area contributed by atoms with E-state index in [0.29, 0.717) is 26.1 Å². The summed E-state index contributed by atoms with van der Waals surface area (Å²) in [6.45, 7) is 3.44. The van der Waals surface area contributed by atoms with Gasteiger partial charge in [0.15, 0.2) is 11.6 Å². The van der Waals surface area contributed by atoms with Crippen molar-refractivity contribution in [1.82, 2.24) is 15.1 Å². The molecule has 0 aromatic heterocycles. The van der Waals surface area contributed by atoms with Gasteiger partial charge in [0.25, 0.3) is 5.91 Å². The Bertz CT molecular complexity index is 1030. The monoisotopic (exact) mass is 515 g/mol. The minimum atomic E-state index is -5.08. The molecular weight excluding hydrogens is 489 g/mol. The van der Waals surface area contributed by atoms with Gasteiger partial charge in [-0.2, -0.15) is 13.2 Å². The number of aliphatic carboxylic acids is 1. The van der Waals surface area contributed by atoms with E-state index in [2.05, 4.69) is 5.32 Å². The number of hydrogen-bond donors (Lipinski definition) is 2. The number of amides is 2. The molecule has 7 nitrogen and oxygen atoms in total.